The van der Waals surface area contributed by atoms with Crippen LogP contribution in [0.2, 0.25) is 0 Å². The molecule has 0 spiro atoms. The Morgan fingerprint density at radius 2 is 1.92 bits per heavy atom. The fourth-order valence-corrected chi connectivity index (χ4v) is 2.80. The molecule has 1 unspecified atom stereocenters. The molecule has 0 saturated carbocycles. The number of aromatic nitrogens is 3. The number of ether oxygens (including phenoxy) is 1. The minimum Gasteiger partial charge on any atom is -0.489 e. The Bertz CT molecular complexity index is 948. The highest BCUT2D eigenvalue weighted by molar-refractivity contribution is 5.90. The van der Waals surface area contributed by atoms with E-state index in [0.717, 1.165) is 16.9 Å². The number of carbonyl (C=O) groups is 1. The van der Waals surface area contributed by atoms with E-state index in [1.165, 1.54) is 6.33 Å². The third-order valence-electron chi connectivity index (χ3n) is 4.11. The van der Waals surface area contributed by atoms with Crippen molar-refractivity contribution in [1.29, 1.82) is 0 Å². The highest BCUT2D eigenvalue weighted by atomic mass is 16.5. The summed E-state index contributed by atoms with van der Waals surface area (Å²) in [7, 11) is 0. The first-order valence-corrected chi connectivity index (χ1v) is 8.09. The first-order chi connectivity index (χ1) is 12.7. The standard InChI is InChI=1S/C19H16N4O3/c24-18(25)16-10-17(23-19(22-16)20-12-21-23)14-6-8-15(9-7-14)26-11-13-4-2-1-3-5-13/h1-10,12,17H,11H2,(H,24,25)(H,20,21,22). The highest BCUT2D eigenvalue weighted by Crippen LogP contribution is 2.29. The maximum absolute atomic E-state index is 11.3. The van der Waals surface area contributed by atoms with Crippen molar-refractivity contribution in [2.45, 2.75) is 12.6 Å². The summed E-state index contributed by atoms with van der Waals surface area (Å²) >= 11 is 0. The van der Waals surface area contributed by atoms with E-state index in [1.807, 2.05) is 54.6 Å². The Morgan fingerprint density at radius 1 is 1.15 bits per heavy atom. The Labute approximate surface area is 149 Å². The van der Waals surface area contributed by atoms with Crippen LogP contribution in [0.15, 0.2) is 72.7 Å². The third-order valence-corrected chi connectivity index (χ3v) is 4.11. The summed E-state index contributed by atoms with van der Waals surface area (Å²) in [5.41, 5.74) is 2.07. The number of carboxylic acid groups (broad SMARTS) is 1. The second-order valence-electron chi connectivity index (χ2n) is 5.83. The molecule has 26 heavy (non-hydrogen) atoms. The molecule has 1 aliphatic heterocycles. The third kappa shape index (κ3) is 3.14. The van der Waals surface area contributed by atoms with Crippen LogP contribution in [0, 0.1) is 0 Å². The van der Waals surface area contributed by atoms with Gasteiger partial charge in [-0.2, -0.15) is 10.1 Å². The largest absolute Gasteiger partial charge is 0.489 e. The number of anilines is 1. The normalized spacial score (nSPS) is 15.5. The van der Waals surface area contributed by atoms with E-state index in [1.54, 1.807) is 10.8 Å². The van der Waals surface area contributed by atoms with Crippen molar-refractivity contribution in [2.75, 3.05) is 5.32 Å². The average molecular weight is 348 g/mol. The van der Waals surface area contributed by atoms with Crippen LogP contribution in [0.25, 0.3) is 0 Å². The lowest BCUT2D eigenvalue weighted by Gasteiger charge is -2.22. The van der Waals surface area contributed by atoms with Crippen molar-refractivity contribution in [2.24, 2.45) is 0 Å². The lowest BCUT2D eigenvalue weighted by Crippen LogP contribution is -2.24. The van der Waals surface area contributed by atoms with Gasteiger partial charge in [0, 0.05) is 0 Å². The number of fused-ring (bicyclic) bond motifs is 1. The fraction of sp³-hybridized carbons (Fsp3) is 0.105. The molecule has 3 aromatic rings. The first-order valence-electron chi connectivity index (χ1n) is 8.09. The molecule has 0 aliphatic carbocycles. The van der Waals surface area contributed by atoms with E-state index in [-0.39, 0.29) is 11.7 Å². The maximum Gasteiger partial charge on any atom is 0.352 e. The van der Waals surface area contributed by atoms with Crippen LogP contribution in [-0.4, -0.2) is 25.8 Å². The summed E-state index contributed by atoms with van der Waals surface area (Å²) in [4.78, 5) is 15.4. The first kappa shape index (κ1) is 15.9. The molecular weight excluding hydrogens is 332 g/mol. The fourth-order valence-electron chi connectivity index (χ4n) is 2.80. The molecule has 1 aromatic heterocycles. The van der Waals surface area contributed by atoms with Crippen LogP contribution in [0.1, 0.15) is 17.2 Å². The molecular formula is C19H16N4O3. The number of nitrogens with zero attached hydrogens (tertiary/aromatic N) is 3. The molecule has 2 aromatic carbocycles. The second-order valence-corrected chi connectivity index (χ2v) is 5.83. The Hall–Kier alpha value is -3.61. The van der Waals surface area contributed by atoms with E-state index in [9.17, 15) is 9.90 Å². The number of aliphatic carboxylic acids is 1. The van der Waals surface area contributed by atoms with Gasteiger partial charge in [0.15, 0.2) is 0 Å². The van der Waals surface area contributed by atoms with Gasteiger partial charge in [0.1, 0.15) is 30.4 Å². The molecule has 0 saturated heterocycles. The van der Waals surface area contributed by atoms with Crippen LogP contribution in [0.5, 0.6) is 5.75 Å². The van der Waals surface area contributed by atoms with Gasteiger partial charge in [-0.15, -0.1) is 0 Å². The Morgan fingerprint density at radius 3 is 2.65 bits per heavy atom. The van der Waals surface area contributed by atoms with Crippen LogP contribution in [0.4, 0.5) is 5.95 Å². The van der Waals surface area contributed by atoms with Crippen LogP contribution >= 0.6 is 0 Å². The zero-order valence-electron chi connectivity index (χ0n) is 13.7. The number of nitrogens with one attached hydrogen (secondary N) is 1. The number of benzene rings is 2. The highest BCUT2D eigenvalue weighted by Gasteiger charge is 2.25. The number of hydrogen-bond acceptors (Lipinski definition) is 5. The van der Waals surface area contributed by atoms with Crippen LogP contribution in [-0.2, 0) is 11.4 Å². The molecule has 4 rings (SSSR count). The summed E-state index contributed by atoms with van der Waals surface area (Å²) in [6.07, 6.45) is 3.01. The van der Waals surface area contributed by atoms with Crippen molar-refractivity contribution < 1.29 is 14.6 Å². The molecule has 1 aliphatic rings. The van der Waals surface area contributed by atoms with Gasteiger partial charge in [0.2, 0.25) is 5.95 Å². The van der Waals surface area contributed by atoms with Crippen molar-refractivity contribution in [3.8, 4) is 5.75 Å². The lowest BCUT2D eigenvalue weighted by molar-refractivity contribution is -0.132. The summed E-state index contributed by atoms with van der Waals surface area (Å²) in [6, 6.07) is 17.1. The topological polar surface area (TPSA) is 89.3 Å². The monoisotopic (exact) mass is 348 g/mol. The van der Waals surface area contributed by atoms with Gasteiger partial charge in [-0.3, -0.25) is 0 Å². The van der Waals surface area contributed by atoms with Gasteiger partial charge in [0.05, 0.1) is 0 Å². The number of allylic oxidation sites excluding steroid dienone is 1. The van der Waals surface area contributed by atoms with Crippen molar-refractivity contribution in [3.63, 3.8) is 0 Å². The van der Waals surface area contributed by atoms with E-state index >= 15 is 0 Å². The molecule has 0 radical (unpaired) electrons. The molecule has 0 amide bonds. The van der Waals surface area contributed by atoms with Crippen molar-refractivity contribution in [1.82, 2.24) is 14.8 Å². The minimum absolute atomic E-state index is 0.0832. The van der Waals surface area contributed by atoms with E-state index < -0.39 is 5.97 Å². The van der Waals surface area contributed by atoms with Crippen LogP contribution < -0.4 is 10.1 Å². The summed E-state index contributed by atoms with van der Waals surface area (Å²) in [5.74, 6) is 0.110. The minimum atomic E-state index is -1.04. The summed E-state index contributed by atoms with van der Waals surface area (Å²) in [6.45, 7) is 0.490. The Kier molecular flexibility index (Phi) is 4.10. The van der Waals surface area contributed by atoms with Gasteiger partial charge in [-0.25, -0.2) is 9.48 Å². The SMILES string of the molecule is O=C(O)C1=CC(c2ccc(OCc3ccccc3)cc2)n2ncnc2N1. The maximum atomic E-state index is 11.3. The summed E-state index contributed by atoms with van der Waals surface area (Å²) in [5, 5.41) is 16.2. The summed E-state index contributed by atoms with van der Waals surface area (Å²) < 4.78 is 7.44. The van der Waals surface area contributed by atoms with Gasteiger partial charge >= 0.3 is 5.97 Å². The van der Waals surface area contributed by atoms with E-state index in [4.69, 9.17) is 4.74 Å². The average Bonchev–Trinajstić information content (AvgIpc) is 3.15. The zero-order valence-corrected chi connectivity index (χ0v) is 13.7. The number of hydrogen-bond donors (Lipinski definition) is 2. The zero-order chi connectivity index (χ0) is 17.9. The second kappa shape index (κ2) is 6.72. The van der Waals surface area contributed by atoms with Crippen molar-refractivity contribution in [3.05, 3.63) is 83.8 Å². The van der Waals surface area contributed by atoms with Crippen LogP contribution in [0.3, 0.4) is 0 Å². The van der Waals surface area contributed by atoms with E-state index in [2.05, 4.69) is 15.4 Å². The van der Waals surface area contributed by atoms with Gasteiger partial charge in [0.25, 0.3) is 0 Å². The van der Waals surface area contributed by atoms with Gasteiger partial charge in [-0.1, -0.05) is 42.5 Å². The number of carboxylic acids is 1. The molecule has 0 bridgehead atoms. The Balaban J connectivity index is 1.54. The quantitative estimate of drug-likeness (QED) is 0.737. The van der Waals surface area contributed by atoms with Crippen molar-refractivity contribution >= 4 is 11.9 Å². The molecule has 2 heterocycles. The lowest BCUT2D eigenvalue weighted by atomic mass is 10.0. The number of rotatable bonds is 5. The van der Waals surface area contributed by atoms with Gasteiger partial charge < -0.3 is 15.2 Å². The van der Waals surface area contributed by atoms with Gasteiger partial charge in [-0.05, 0) is 29.3 Å². The predicted molar refractivity (Wildman–Crippen MR) is 94.7 cm³/mol. The molecule has 1 atom stereocenters. The molecule has 2 N–H and O–H groups in total. The molecule has 7 nitrogen and oxygen atoms in total. The van der Waals surface area contributed by atoms with E-state index in [0.29, 0.717) is 12.6 Å². The molecule has 130 valence electrons. The molecule has 0 fully saturated rings. The smallest absolute Gasteiger partial charge is 0.352 e. The molecule has 7 heteroatoms. The predicted octanol–water partition coefficient (Wildman–Crippen LogP) is 2.84.